The van der Waals surface area contributed by atoms with Gasteiger partial charge in [0.25, 0.3) is 5.91 Å². The number of H-pyrrole nitrogens is 1. The molecule has 5 nitrogen and oxygen atoms in total. The van der Waals surface area contributed by atoms with E-state index in [1.807, 2.05) is 54.1 Å². The monoisotopic (exact) mass is 344 g/mol. The fourth-order valence-electron chi connectivity index (χ4n) is 3.27. The normalized spacial score (nSPS) is 11.0. The Kier molecular flexibility index (Phi) is 4.27. The lowest BCUT2D eigenvalue weighted by atomic mass is 10.1. The summed E-state index contributed by atoms with van der Waals surface area (Å²) >= 11 is 0. The van der Waals surface area contributed by atoms with E-state index in [0.29, 0.717) is 6.54 Å². The molecule has 4 aromatic rings. The number of aromatic amines is 1. The van der Waals surface area contributed by atoms with Gasteiger partial charge < -0.3 is 14.9 Å². The number of rotatable bonds is 5. The Labute approximate surface area is 151 Å². The largest absolute Gasteiger partial charge is 0.358 e. The fourth-order valence-corrected chi connectivity index (χ4v) is 3.27. The Hall–Kier alpha value is -3.34. The molecule has 0 fully saturated rings. The highest BCUT2D eigenvalue weighted by atomic mass is 16.1. The first-order valence-corrected chi connectivity index (χ1v) is 8.60. The number of aromatic nitrogens is 3. The average Bonchev–Trinajstić information content (AvgIpc) is 3.26. The summed E-state index contributed by atoms with van der Waals surface area (Å²) < 4.78 is 2.02. The van der Waals surface area contributed by atoms with E-state index in [1.54, 1.807) is 12.5 Å². The third-order valence-electron chi connectivity index (χ3n) is 4.49. The van der Waals surface area contributed by atoms with Crippen molar-refractivity contribution in [1.29, 1.82) is 0 Å². The molecule has 0 spiro atoms. The van der Waals surface area contributed by atoms with E-state index in [-0.39, 0.29) is 5.91 Å². The molecule has 26 heavy (non-hydrogen) atoms. The van der Waals surface area contributed by atoms with Crippen LogP contribution in [0.2, 0.25) is 0 Å². The average molecular weight is 344 g/mol. The zero-order chi connectivity index (χ0) is 17.9. The fraction of sp³-hybridized carbons (Fsp3) is 0.143. The predicted octanol–water partition coefficient (Wildman–Crippen LogP) is 3.65. The highest BCUT2D eigenvalue weighted by Crippen LogP contribution is 2.21. The van der Waals surface area contributed by atoms with Crippen molar-refractivity contribution < 1.29 is 4.79 Å². The van der Waals surface area contributed by atoms with Crippen molar-refractivity contribution in [2.45, 2.75) is 20.0 Å². The number of nitrogens with one attached hydrogen (secondary N) is 2. The van der Waals surface area contributed by atoms with Crippen molar-refractivity contribution >= 4 is 16.8 Å². The van der Waals surface area contributed by atoms with Crippen LogP contribution in [0.3, 0.4) is 0 Å². The summed E-state index contributed by atoms with van der Waals surface area (Å²) in [5.74, 6) is -0.0556. The van der Waals surface area contributed by atoms with E-state index >= 15 is 0 Å². The topological polar surface area (TPSA) is 62.7 Å². The van der Waals surface area contributed by atoms with Crippen LogP contribution in [0, 0.1) is 6.92 Å². The maximum atomic E-state index is 12.7. The van der Waals surface area contributed by atoms with Gasteiger partial charge in [-0.25, -0.2) is 4.98 Å². The molecule has 0 atom stereocenters. The second-order valence-corrected chi connectivity index (χ2v) is 6.41. The number of fused-ring (bicyclic) bond motifs is 1. The van der Waals surface area contributed by atoms with Crippen LogP contribution in [0.15, 0.2) is 67.3 Å². The molecule has 4 rings (SSSR count). The molecule has 2 aromatic heterocycles. The minimum Gasteiger partial charge on any atom is -0.358 e. The van der Waals surface area contributed by atoms with Crippen LogP contribution in [0.4, 0.5) is 0 Å². The minimum absolute atomic E-state index is 0.0556. The van der Waals surface area contributed by atoms with Gasteiger partial charge in [0.15, 0.2) is 0 Å². The number of nitrogens with zero attached hydrogens (tertiary/aromatic N) is 2. The Morgan fingerprint density at radius 1 is 1.15 bits per heavy atom. The van der Waals surface area contributed by atoms with Crippen LogP contribution < -0.4 is 5.32 Å². The van der Waals surface area contributed by atoms with Gasteiger partial charge in [-0.15, -0.1) is 0 Å². The highest BCUT2D eigenvalue weighted by Gasteiger charge is 2.15. The van der Waals surface area contributed by atoms with E-state index in [2.05, 4.69) is 27.4 Å². The molecule has 2 heterocycles. The Morgan fingerprint density at radius 2 is 2.00 bits per heavy atom. The second kappa shape index (κ2) is 6.88. The van der Waals surface area contributed by atoms with Crippen molar-refractivity contribution in [3.05, 3.63) is 89.6 Å². The lowest BCUT2D eigenvalue weighted by Crippen LogP contribution is -2.23. The van der Waals surface area contributed by atoms with E-state index in [4.69, 9.17) is 0 Å². The summed E-state index contributed by atoms with van der Waals surface area (Å²) in [5, 5.41) is 4.00. The second-order valence-electron chi connectivity index (χ2n) is 6.41. The number of hydrogen-bond donors (Lipinski definition) is 2. The summed E-state index contributed by atoms with van der Waals surface area (Å²) in [6.07, 6.45) is 5.51. The van der Waals surface area contributed by atoms with Gasteiger partial charge in [0.1, 0.15) is 0 Å². The Bertz CT molecular complexity index is 1050. The molecule has 0 radical (unpaired) electrons. The summed E-state index contributed by atoms with van der Waals surface area (Å²) in [7, 11) is 0. The molecule has 0 aliphatic heterocycles. The minimum atomic E-state index is -0.0556. The van der Waals surface area contributed by atoms with Gasteiger partial charge in [-0.1, -0.05) is 42.5 Å². The van der Waals surface area contributed by atoms with Crippen molar-refractivity contribution in [1.82, 2.24) is 19.9 Å². The maximum Gasteiger partial charge on any atom is 0.253 e. The summed E-state index contributed by atoms with van der Waals surface area (Å²) in [6, 6.07) is 16.1. The van der Waals surface area contributed by atoms with Gasteiger partial charge >= 0.3 is 0 Å². The van der Waals surface area contributed by atoms with Crippen LogP contribution in [0.25, 0.3) is 10.9 Å². The highest BCUT2D eigenvalue weighted by molar-refractivity contribution is 6.08. The maximum absolute atomic E-state index is 12.7. The molecule has 1 amide bonds. The Morgan fingerprint density at radius 3 is 2.85 bits per heavy atom. The van der Waals surface area contributed by atoms with Crippen LogP contribution in [0.1, 0.15) is 27.2 Å². The molecular formula is C21H20N4O. The standard InChI is InChI=1S/C21H20N4O/c1-15-20(18-7-2-3-8-19(18)24-15)21(26)23-12-16-5-4-6-17(11-16)13-25-10-9-22-14-25/h2-11,14,24H,12-13H2,1H3,(H,23,26). The number of carbonyl (C=O) groups excluding carboxylic acids is 1. The molecule has 5 heteroatoms. The zero-order valence-corrected chi connectivity index (χ0v) is 14.6. The van der Waals surface area contributed by atoms with Crippen LogP contribution in [-0.2, 0) is 13.1 Å². The molecule has 2 N–H and O–H groups in total. The number of amides is 1. The molecular weight excluding hydrogens is 324 g/mol. The smallest absolute Gasteiger partial charge is 0.253 e. The lowest BCUT2D eigenvalue weighted by molar-refractivity contribution is 0.0952. The van der Waals surface area contributed by atoms with Gasteiger partial charge in [0.05, 0.1) is 11.9 Å². The molecule has 0 aliphatic rings. The van der Waals surface area contributed by atoms with Crippen LogP contribution in [0.5, 0.6) is 0 Å². The van der Waals surface area contributed by atoms with Gasteiger partial charge in [0.2, 0.25) is 0 Å². The number of carbonyl (C=O) groups is 1. The van der Waals surface area contributed by atoms with Gasteiger partial charge in [-0.3, -0.25) is 4.79 Å². The lowest BCUT2D eigenvalue weighted by Gasteiger charge is -2.08. The molecule has 0 bridgehead atoms. The third kappa shape index (κ3) is 3.24. The number of benzene rings is 2. The Balaban J connectivity index is 1.48. The number of hydrogen-bond acceptors (Lipinski definition) is 2. The zero-order valence-electron chi connectivity index (χ0n) is 14.6. The third-order valence-corrected chi connectivity index (χ3v) is 4.49. The summed E-state index contributed by atoms with van der Waals surface area (Å²) in [5.41, 5.74) is 4.84. The van der Waals surface area contributed by atoms with Gasteiger partial charge in [0, 0.05) is 42.1 Å². The van der Waals surface area contributed by atoms with Gasteiger partial charge in [-0.05, 0) is 24.1 Å². The van der Waals surface area contributed by atoms with Crippen LogP contribution in [-0.4, -0.2) is 20.4 Å². The van der Waals surface area contributed by atoms with E-state index in [9.17, 15) is 4.79 Å². The molecule has 0 unspecified atom stereocenters. The first-order valence-electron chi connectivity index (χ1n) is 8.60. The van der Waals surface area contributed by atoms with E-state index in [1.165, 1.54) is 5.56 Å². The first-order chi connectivity index (χ1) is 12.7. The molecule has 130 valence electrons. The summed E-state index contributed by atoms with van der Waals surface area (Å²) in [4.78, 5) is 20.0. The predicted molar refractivity (Wildman–Crippen MR) is 102 cm³/mol. The first kappa shape index (κ1) is 16.1. The number of imidazole rings is 1. The molecule has 0 saturated heterocycles. The van der Waals surface area contributed by atoms with Crippen LogP contribution >= 0.6 is 0 Å². The van der Waals surface area contributed by atoms with E-state index in [0.717, 1.165) is 34.3 Å². The SMILES string of the molecule is Cc1[nH]c2ccccc2c1C(=O)NCc1cccc(Cn2ccnc2)c1. The number of para-hydroxylation sites is 1. The van der Waals surface area contributed by atoms with Crippen molar-refractivity contribution in [2.24, 2.45) is 0 Å². The molecule has 0 saturated carbocycles. The van der Waals surface area contributed by atoms with Crippen molar-refractivity contribution in [3.63, 3.8) is 0 Å². The quantitative estimate of drug-likeness (QED) is 0.580. The van der Waals surface area contributed by atoms with Crippen molar-refractivity contribution in [2.75, 3.05) is 0 Å². The van der Waals surface area contributed by atoms with Gasteiger partial charge in [-0.2, -0.15) is 0 Å². The van der Waals surface area contributed by atoms with Crippen molar-refractivity contribution in [3.8, 4) is 0 Å². The molecule has 2 aromatic carbocycles. The summed E-state index contributed by atoms with van der Waals surface area (Å²) in [6.45, 7) is 3.19. The molecule has 0 aliphatic carbocycles. The van der Waals surface area contributed by atoms with E-state index < -0.39 is 0 Å². The number of aryl methyl sites for hydroxylation is 1.